The Hall–Kier alpha value is -0.350. The summed E-state index contributed by atoms with van der Waals surface area (Å²) in [6.45, 7) is 1.81. The van der Waals surface area contributed by atoms with E-state index in [1.54, 1.807) is 0 Å². The predicted molar refractivity (Wildman–Crippen MR) is 53.6 cm³/mol. The molecule has 0 aromatic carbocycles. The topological polar surface area (TPSA) is 24.5 Å². The molecule has 0 spiro atoms. The Morgan fingerprint density at radius 2 is 2.31 bits per heavy atom. The molecular formula is C9H14N2OS. The lowest BCUT2D eigenvalue weighted by Gasteiger charge is -2.29. The lowest BCUT2D eigenvalue weighted by Crippen LogP contribution is -2.47. The Morgan fingerprint density at radius 1 is 1.46 bits per heavy atom. The third-order valence-electron chi connectivity index (χ3n) is 2.93. The fourth-order valence-electron chi connectivity index (χ4n) is 1.87. The van der Waals surface area contributed by atoms with Crippen molar-refractivity contribution in [2.24, 2.45) is 0 Å². The molecule has 2 unspecified atom stereocenters. The molecule has 13 heavy (non-hydrogen) atoms. The van der Waals surface area contributed by atoms with Crippen LogP contribution in [0, 0.1) is 0 Å². The summed E-state index contributed by atoms with van der Waals surface area (Å²) >= 11 is 5.35. The first-order valence-corrected chi connectivity index (χ1v) is 5.44. The molecule has 2 saturated carbocycles. The van der Waals surface area contributed by atoms with Gasteiger partial charge in [-0.05, 0) is 31.5 Å². The first kappa shape index (κ1) is 8.00. The number of nitrogens with one attached hydrogen (secondary N) is 1. The van der Waals surface area contributed by atoms with Gasteiger partial charge in [0.2, 0.25) is 0 Å². The van der Waals surface area contributed by atoms with E-state index in [0.717, 1.165) is 18.3 Å². The molecule has 3 aliphatic rings. The Bertz CT molecular complexity index is 242. The molecule has 3 fully saturated rings. The van der Waals surface area contributed by atoms with Crippen LogP contribution < -0.4 is 5.32 Å². The zero-order valence-corrected chi connectivity index (χ0v) is 8.35. The summed E-state index contributed by atoms with van der Waals surface area (Å²) in [5.74, 6) is 0. The van der Waals surface area contributed by atoms with E-state index in [4.69, 9.17) is 17.0 Å². The third kappa shape index (κ3) is 1.53. The van der Waals surface area contributed by atoms with Crippen LogP contribution in [0.2, 0.25) is 0 Å². The van der Waals surface area contributed by atoms with Crippen molar-refractivity contribution in [2.45, 2.75) is 37.5 Å². The van der Waals surface area contributed by atoms with Crippen molar-refractivity contribution in [1.29, 1.82) is 0 Å². The molecule has 3 rings (SSSR count). The highest BCUT2D eigenvalue weighted by Gasteiger charge is 2.47. The van der Waals surface area contributed by atoms with Gasteiger partial charge in [0.05, 0.1) is 18.8 Å². The molecule has 0 radical (unpaired) electrons. The second-order valence-corrected chi connectivity index (χ2v) is 4.52. The molecule has 1 saturated heterocycles. The van der Waals surface area contributed by atoms with Gasteiger partial charge >= 0.3 is 0 Å². The molecule has 2 aliphatic carbocycles. The maximum Gasteiger partial charge on any atom is 0.169 e. The summed E-state index contributed by atoms with van der Waals surface area (Å²) in [6, 6.07) is 1.26. The standard InChI is InChI=1S/C9H14N2OS/c13-9(10-6-1-2-6)11-3-4-12-8-5-7(8)11/h6-8H,1-5H2,(H,10,13). The van der Waals surface area contributed by atoms with Crippen molar-refractivity contribution in [2.75, 3.05) is 13.2 Å². The second kappa shape index (κ2) is 2.82. The fourth-order valence-corrected chi connectivity index (χ4v) is 2.27. The number of nitrogens with zero attached hydrogens (tertiary/aromatic N) is 1. The second-order valence-electron chi connectivity index (χ2n) is 4.13. The van der Waals surface area contributed by atoms with E-state index < -0.39 is 0 Å². The quantitative estimate of drug-likeness (QED) is 0.620. The van der Waals surface area contributed by atoms with Crippen LogP contribution in [0.3, 0.4) is 0 Å². The first-order chi connectivity index (χ1) is 6.34. The van der Waals surface area contributed by atoms with Crippen molar-refractivity contribution in [3.05, 3.63) is 0 Å². The van der Waals surface area contributed by atoms with Crippen molar-refractivity contribution < 1.29 is 4.74 Å². The van der Waals surface area contributed by atoms with E-state index in [2.05, 4.69) is 10.2 Å². The van der Waals surface area contributed by atoms with E-state index in [0.29, 0.717) is 18.2 Å². The highest BCUT2D eigenvalue weighted by atomic mass is 32.1. The molecule has 4 heteroatoms. The van der Waals surface area contributed by atoms with E-state index in [9.17, 15) is 0 Å². The zero-order valence-electron chi connectivity index (χ0n) is 7.53. The van der Waals surface area contributed by atoms with Crippen LogP contribution in [0.15, 0.2) is 0 Å². The van der Waals surface area contributed by atoms with Crippen LogP contribution >= 0.6 is 12.2 Å². The average molecular weight is 198 g/mol. The summed E-state index contributed by atoms with van der Waals surface area (Å²) < 4.78 is 5.52. The minimum absolute atomic E-state index is 0.479. The molecule has 1 N–H and O–H groups in total. The number of hydrogen-bond donors (Lipinski definition) is 1. The van der Waals surface area contributed by atoms with Gasteiger partial charge in [0.15, 0.2) is 5.11 Å². The van der Waals surface area contributed by atoms with Crippen molar-refractivity contribution in [3.63, 3.8) is 0 Å². The molecule has 1 heterocycles. The third-order valence-corrected chi connectivity index (χ3v) is 3.28. The summed E-state index contributed by atoms with van der Waals surface area (Å²) in [6.07, 6.45) is 4.23. The van der Waals surface area contributed by atoms with Crippen molar-refractivity contribution >= 4 is 17.3 Å². The first-order valence-electron chi connectivity index (χ1n) is 5.03. The smallest absolute Gasteiger partial charge is 0.169 e. The molecule has 0 bridgehead atoms. The van der Waals surface area contributed by atoms with Crippen LogP contribution in [0.1, 0.15) is 19.3 Å². The molecule has 72 valence electrons. The highest BCUT2D eigenvalue weighted by molar-refractivity contribution is 7.80. The molecule has 2 atom stereocenters. The van der Waals surface area contributed by atoms with Crippen molar-refractivity contribution in [1.82, 2.24) is 10.2 Å². The Kier molecular flexibility index (Phi) is 1.73. The summed E-state index contributed by atoms with van der Waals surface area (Å²) in [4.78, 5) is 2.31. The minimum Gasteiger partial charge on any atom is -0.374 e. The van der Waals surface area contributed by atoms with Crippen LogP contribution in [0.5, 0.6) is 0 Å². The van der Waals surface area contributed by atoms with Gasteiger partial charge in [0.1, 0.15) is 0 Å². The molecular weight excluding hydrogens is 184 g/mol. The zero-order chi connectivity index (χ0) is 8.84. The molecule has 0 amide bonds. The van der Waals surface area contributed by atoms with Gasteiger partial charge in [-0.3, -0.25) is 0 Å². The summed E-state index contributed by atoms with van der Waals surface area (Å²) in [7, 11) is 0. The normalized spacial score (nSPS) is 36.8. The Morgan fingerprint density at radius 3 is 3.08 bits per heavy atom. The molecule has 3 nitrogen and oxygen atoms in total. The summed E-state index contributed by atoms with van der Waals surface area (Å²) in [5, 5.41) is 4.34. The predicted octanol–water partition coefficient (Wildman–Crippen LogP) is 0.496. The lowest BCUT2D eigenvalue weighted by atomic mass is 10.4. The maximum absolute atomic E-state index is 5.52. The SMILES string of the molecule is S=C(NC1CC1)N1CCOC2CC21. The number of rotatable bonds is 1. The largest absolute Gasteiger partial charge is 0.374 e. The fraction of sp³-hybridized carbons (Fsp3) is 0.889. The van der Waals surface area contributed by atoms with Gasteiger partial charge in [0, 0.05) is 12.6 Å². The summed E-state index contributed by atoms with van der Waals surface area (Å²) in [5.41, 5.74) is 0. The van der Waals surface area contributed by atoms with Gasteiger partial charge in [-0.25, -0.2) is 0 Å². The number of morpholine rings is 1. The van der Waals surface area contributed by atoms with Gasteiger partial charge in [-0.1, -0.05) is 0 Å². The molecule has 0 aromatic heterocycles. The van der Waals surface area contributed by atoms with Crippen LogP contribution in [0.4, 0.5) is 0 Å². The number of fused-ring (bicyclic) bond motifs is 1. The monoisotopic (exact) mass is 198 g/mol. The highest BCUT2D eigenvalue weighted by Crippen LogP contribution is 2.34. The van der Waals surface area contributed by atoms with Crippen LogP contribution in [-0.4, -0.2) is 41.4 Å². The van der Waals surface area contributed by atoms with Crippen molar-refractivity contribution in [3.8, 4) is 0 Å². The van der Waals surface area contributed by atoms with E-state index in [1.807, 2.05) is 0 Å². The number of hydrogen-bond acceptors (Lipinski definition) is 2. The molecule has 1 aliphatic heterocycles. The number of thiocarbonyl (C=S) groups is 1. The maximum atomic E-state index is 5.52. The Balaban J connectivity index is 1.59. The van der Waals surface area contributed by atoms with Gasteiger partial charge in [0.25, 0.3) is 0 Å². The van der Waals surface area contributed by atoms with Gasteiger partial charge < -0.3 is 15.0 Å². The number of ether oxygens (including phenoxy) is 1. The van der Waals surface area contributed by atoms with E-state index >= 15 is 0 Å². The average Bonchev–Trinajstić information content (AvgIpc) is 2.97. The van der Waals surface area contributed by atoms with Gasteiger partial charge in [-0.15, -0.1) is 0 Å². The molecule has 0 aromatic rings. The van der Waals surface area contributed by atoms with E-state index in [1.165, 1.54) is 19.3 Å². The van der Waals surface area contributed by atoms with Crippen LogP contribution in [-0.2, 0) is 4.74 Å². The lowest BCUT2D eigenvalue weighted by molar-refractivity contribution is 0.0577. The minimum atomic E-state index is 0.479. The Labute approximate surface area is 83.4 Å². The van der Waals surface area contributed by atoms with Gasteiger partial charge in [-0.2, -0.15) is 0 Å². The van der Waals surface area contributed by atoms with E-state index in [-0.39, 0.29) is 0 Å². The van der Waals surface area contributed by atoms with Crippen LogP contribution in [0.25, 0.3) is 0 Å².